The molecule has 3 rings (SSSR count). The van der Waals surface area contributed by atoms with E-state index in [1.807, 2.05) is 4.90 Å². The third kappa shape index (κ3) is 4.97. The highest BCUT2D eigenvalue weighted by Crippen LogP contribution is 2.33. The first-order chi connectivity index (χ1) is 12.0. The average molecular weight is 372 g/mol. The minimum Gasteiger partial charge on any atom is -0.381 e. The van der Waals surface area contributed by atoms with Gasteiger partial charge in [0.05, 0.1) is 17.6 Å². The summed E-state index contributed by atoms with van der Waals surface area (Å²) in [6.45, 7) is 0. The Bertz CT molecular complexity index is 556. The molecule has 0 radical (unpaired) electrons. The number of sulfone groups is 1. The molecular weight excluding hydrogens is 338 g/mol. The Labute approximate surface area is 152 Å². The maximum atomic E-state index is 13.2. The molecule has 0 spiro atoms. The maximum Gasteiger partial charge on any atom is 0.223 e. The van der Waals surface area contributed by atoms with Crippen molar-refractivity contribution < 1.29 is 17.9 Å². The fourth-order valence-electron chi connectivity index (χ4n) is 5.05. The minimum atomic E-state index is -2.97. The van der Waals surface area contributed by atoms with E-state index in [1.54, 1.807) is 7.11 Å². The van der Waals surface area contributed by atoms with Gasteiger partial charge >= 0.3 is 0 Å². The predicted molar refractivity (Wildman–Crippen MR) is 98.1 cm³/mol. The quantitative estimate of drug-likeness (QED) is 0.745. The number of amides is 1. The Kier molecular flexibility index (Phi) is 6.42. The van der Waals surface area contributed by atoms with E-state index < -0.39 is 9.84 Å². The molecule has 3 fully saturated rings. The summed E-state index contributed by atoms with van der Waals surface area (Å²) in [5, 5.41) is 0. The lowest BCUT2D eigenvalue weighted by Gasteiger charge is -2.39. The first kappa shape index (κ1) is 19.2. The number of hydrogen-bond donors (Lipinski definition) is 0. The number of hydrogen-bond acceptors (Lipinski definition) is 4. The summed E-state index contributed by atoms with van der Waals surface area (Å²) in [7, 11) is -1.22. The molecule has 3 aliphatic rings. The monoisotopic (exact) mass is 371 g/mol. The van der Waals surface area contributed by atoms with E-state index in [1.165, 1.54) is 6.42 Å². The number of nitrogens with zero attached hydrogens (tertiary/aromatic N) is 1. The Morgan fingerprint density at radius 2 is 1.76 bits per heavy atom. The first-order valence-corrected chi connectivity index (χ1v) is 11.8. The zero-order valence-electron chi connectivity index (χ0n) is 15.5. The van der Waals surface area contributed by atoms with Crippen LogP contribution in [0.5, 0.6) is 0 Å². The molecule has 25 heavy (non-hydrogen) atoms. The van der Waals surface area contributed by atoms with Crippen molar-refractivity contribution >= 4 is 15.7 Å². The Morgan fingerprint density at radius 1 is 1.00 bits per heavy atom. The van der Waals surface area contributed by atoms with Gasteiger partial charge in [-0.1, -0.05) is 25.7 Å². The second-order valence-corrected chi connectivity index (χ2v) is 10.5. The largest absolute Gasteiger partial charge is 0.381 e. The summed E-state index contributed by atoms with van der Waals surface area (Å²) in [6, 6.07) is 0.156. The van der Waals surface area contributed by atoms with E-state index in [4.69, 9.17) is 4.74 Å². The fourth-order valence-corrected chi connectivity index (χ4v) is 6.76. The lowest BCUT2D eigenvalue weighted by molar-refractivity contribution is -0.138. The van der Waals surface area contributed by atoms with E-state index >= 15 is 0 Å². The molecule has 6 heteroatoms. The maximum absolute atomic E-state index is 13.2. The van der Waals surface area contributed by atoms with Crippen LogP contribution in [-0.2, 0) is 19.4 Å². The van der Waals surface area contributed by atoms with Gasteiger partial charge < -0.3 is 9.64 Å². The van der Waals surface area contributed by atoms with E-state index in [0.29, 0.717) is 18.8 Å². The number of carbonyl (C=O) groups is 1. The molecule has 0 N–H and O–H groups in total. The highest BCUT2D eigenvalue weighted by molar-refractivity contribution is 7.91. The smallest absolute Gasteiger partial charge is 0.223 e. The first-order valence-electron chi connectivity index (χ1n) is 10.0. The van der Waals surface area contributed by atoms with Gasteiger partial charge in [0.15, 0.2) is 9.84 Å². The molecule has 2 aliphatic carbocycles. The summed E-state index contributed by atoms with van der Waals surface area (Å²) in [5.41, 5.74) is 0. The molecule has 0 aromatic heterocycles. The lowest BCUT2D eigenvalue weighted by atomic mass is 9.84. The molecular formula is C19H33NO4S. The Hall–Kier alpha value is -0.620. The summed E-state index contributed by atoms with van der Waals surface area (Å²) >= 11 is 0. The molecule has 0 bridgehead atoms. The minimum absolute atomic E-state index is 0.0950. The normalized spacial score (nSPS) is 33.2. The Balaban J connectivity index is 1.68. The molecule has 5 nitrogen and oxygen atoms in total. The van der Waals surface area contributed by atoms with Crippen LogP contribution in [0.15, 0.2) is 0 Å². The molecule has 0 aromatic carbocycles. The highest BCUT2D eigenvalue weighted by Gasteiger charge is 2.39. The van der Waals surface area contributed by atoms with Crippen molar-refractivity contribution in [2.24, 2.45) is 5.92 Å². The SMILES string of the molecule is COC1CCCC(CC(=O)N(C2CCCCC2)C2CCS(=O)(=O)C2)C1. The third-order valence-electron chi connectivity index (χ3n) is 6.39. The van der Waals surface area contributed by atoms with Gasteiger partial charge in [-0.05, 0) is 44.4 Å². The van der Waals surface area contributed by atoms with Crippen LogP contribution in [-0.4, -0.2) is 56.0 Å². The van der Waals surface area contributed by atoms with Crippen molar-refractivity contribution in [2.75, 3.05) is 18.6 Å². The van der Waals surface area contributed by atoms with Crippen LogP contribution in [0, 0.1) is 5.92 Å². The zero-order chi connectivity index (χ0) is 17.9. The van der Waals surface area contributed by atoms with Crippen LogP contribution in [0.4, 0.5) is 0 Å². The number of ether oxygens (including phenoxy) is 1. The molecule has 3 unspecified atom stereocenters. The highest BCUT2D eigenvalue weighted by atomic mass is 32.2. The van der Waals surface area contributed by atoms with Crippen LogP contribution < -0.4 is 0 Å². The molecule has 144 valence electrons. The van der Waals surface area contributed by atoms with E-state index in [0.717, 1.165) is 51.4 Å². The molecule has 1 amide bonds. The average Bonchev–Trinajstić information content (AvgIpc) is 2.95. The van der Waals surface area contributed by atoms with Crippen LogP contribution in [0.2, 0.25) is 0 Å². The van der Waals surface area contributed by atoms with Gasteiger partial charge in [-0.25, -0.2) is 8.42 Å². The van der Waals surface area contributed by atoms with E-state index in [-0.39, 0.29) is 35.6 Å². The summed E-state index contributed by atoms with van der Waals surface area (Å²) in [6.07, 6.45) is 11.3. The molecule has 1 aliphatic heterocycles. The van der Waals surface area contributed by atoms with Gasteiger partial charge in [0, 0.05) is 25.6 Å². The van der Waals surface area contributed by atoms with Crippen LogP contribution in [0.1, 0.15) is 70.6 Å². The van der Waals surface area contributed by atoms with Crippen molar-refractivity contribution in [2.45, 2.75) is 88.8 Å². The lowest BCUT2D eigenvalue weighted by Crippen LogP contribution is -2.49. The summed E-state index contributed by atoms with van der Waals surface area (Å²) in [4.78, 5) is 15.2. The van der Waals surface area contributed by atoms with Crippen molar-refractivity contribution in [1.82, 2.24) is 4.90 Å². The zero-order valence-corrected chi connectivity index (χ0v) is 16.3. The molecule has 0 aromatic rings. The van der Waals surface area contributed by atoms with Gasteiger partial charge in [0.2, 0.25) is 5.91 Å². The molecule has 1 heterocycles. The number of rotatable bonds is 5. The van der Waals surface area contributed by atoms with E-state index in [9.17, 15) is 13.2 Å². The van der Waals surface area contributed by atoms with Crippen molar-refractivity contribution in [3.63, 3.8) is 0 Å². The van der Waals surface area contributed by atoms with Gasteiger partial charge in [-0.3, -0.25) is 4.79 Å². The van der Waals surface area contributed by atoms with Crippen molar-refractivity contribution in [3.05, 3.63) is 0 Å². The van der Waals surface area contributed by atoms with E-state index in [2.05, 4.69) is 0 Å². The van der Waals surface area contributed by atoms with Crippen molar-refractivity contribution in [1.29, 1.82) is 0 Å². The fraction of sp³-hybridized carbons (Fsp3) is 0.947. The molecule has 1 saturated heterocycles. The summed E-state index contributed by atoms with van der Waals surface area (Å²) < 4.78 is 29.4. The van der Waals surface area contributed by atoms with Crippen molar-refractivity contribution in [3.8, 4) is 0 Å². The number of carbonyl (C=O) groups excluding carboxylic acids is 1. The second-order valence-electron chi connectivity index (χ2n) is 8.24. The van der Waals surface area contributed by atoms with Crippen LogP contribution in [0.25, 0.3) is 0 Å². The van der Waals surface area contributed by atoms with Gasteiger partial charge in [0.1, 0.15) is 0 Å². The third-order valence-corrected chi connectivity index (χ3v) is 8.14. The molecule has 3 atom stereocenters. The van der Waals surface area contributed by atoms with Gasteiger partial charge in [-0.15, -0.1) is 0 Å². The van der Waals surface area contributed by atoms with Crippen LogP contribution in [0.3, 0.4) is 0 Å². The number of methoxy groups -OCH3 is 1. The summed E-state index contributed by atoms with van der Waals surface area (Å²) in [5.74, 6) is 0.982. The second kappa shape index (κ2) is 8.38. The van der Waals surface area contributed by atoms with Gasteiger partial charge in [-0.2, -0.15) is 0 Å². The molecule has 2 saturated carbocycles. The topological polar surface area (TPSA) is 63.7 Å². The van der Waals surface area contributed by atoms with Gasteiger partial charge in [0.25, 0.3) is 0 Å². The van der Waals surface area contributed by atoms with Crippen LogP contribution >= 0.6 is 0 Å². The predicted octanol–water partition coefficient (Wildman–Crippen LogP) is 2.93. The Morgan fingerprint density at radius 3 is 2.40 bits per heavy atom. The standard InChI is InChI=1S/C19H33NO4S/c1-24-18-9-5-6-15(12-18)13-19(21)20(16-7-3-2-4-8-16)17-10-11-25(22,23)14-17/h15-18H,2-14H2,1H3.